The van der Waals surface area contributed by atoms with Gasteiger partial charge in [0.05, 0.1) is 5.76 Å². The summed E-state index contributed by atoms with van der Waals surface area (Å²) in [6.45, 7) is 5.65. The summed E-state index contributed by atoms with van der Waals surface area (Å²) in [6.07, 6.45) is 6.44. The van der Waals surface area contributed by atoms with Crippen molar-refractivity contribution in [1.29, 1.82) is 0 Å². The van der Waals surface area contributed by atoms with Gasteiger partial charge in [-0.1, -0.05) is 12.7 Å². The van der Waals surface area contributed by atoms with Gasteiger partial charge in [-0.25, -0.2) is 0 Å². The second-order valence-electron chi connectivity index (χ2n) is 2.28. The van der Waals surface area contributed by atoms with E-state index in [1.165, 1.54) is 0 Å². The molecular weight excluding hydrogens is 112 g/mol. The summed E-state index contributed by atoms with van der Waals surface area (Å²) in [4.78, 5) is 0. The minimum atomic E-state index is 0.259. The fourth-order valence-electron chi connectivity index (χ4n) is 0.963. The van der Waals surface area contributed by atoms with Crippen LogP contribution in [0.15, 0.2) is 24.5 Å². The van der Waals surface area contributed by atoms with Crippen LogP contribution in [0.5, 0.6) is 0 Å². The van der Waals surface area contributed by atoms with Gasteiger partial charge in [-0.3, -0.25) is 0 Å². The number of hydrogen-bond donors (Lipinski definition) is 0. The number of ether oxygens (including phenoxy) is 1. The Kier molecular flexibility index (Phi) is 1.93. The highest BCUT2D eigenvalue weighted by Gasteiger charge is 2.08. The Balaban J connectivity index is 2.48. The van der Waals surface area contributed by atoms with Crippen molar-refractivity contribution in [3.8, 4) is 0 Å². The quantitative estimate of drug-likeness (QED) is 0.487. The predicted octanol–water partition coefficient (Wildman–Crippen LogP) is 2.26. The van der Waals surface area contributed by atoms with Gasteiger partial charge >= 0.3 is 0 Å². The zero-order valence-electron chi connectivity index (χ0n) is 5.76. The van der Waals surface area contributed by atoms with E-state index in [2.05, 4.69) is 12.7 Å². The first-order chi connectivity index (χ1) is 4.33. The lowest BCUT2D eigenvalue weighted by Gasteiger charge is -2.19. The fourth-order valence-corrected chi connectivity index (χ4v) is 0.963. The van der Waals surface area contributed by atoms with Crippen molar-refractivity contribution in [3.63, 3.8) is 0 Å². The van der Waals surface area contributed by atoms with E-state index in [9.17, 15) is 0 Å². The monoisotopic (exact) mass is 124 g/mol. The molecule has 1 atom stereocenters. The topological polar surface area (TPSA) is 9.23 Å². The van der Waals surface area contributed by atoms with Crippen LogP contribution in [0.4, 0.5) is 0 Å². The molecule has 1 aliphatic heterocycles. The fraction of sp³-hybridized carbons (Fsp3) is 0.500. The highest BCUT2D eigenvalue weighted by Crippen LogP contribution is 2.15. The summed E-state index contributed by atoms with van der Waals surface area (Å²) >= 11 is 0. The Morgan fingerprint density at radius 2 is 2.67 bits per heavy atom. The van der Waals surface area contributed by atoms with E-state index >= 15 is 0 Å². The third-order valence-corrected chi connectivity index (χ3v) is 1.48. The smallest absolute Gasteiger partial charge is 0.116 e. The zero-order valence-corrected chi connectivity index (χ0v) is 5.76. The van der Waals surface area contributed by atoms with Gasteiger partial charge in [0.1, 0.15) is 6.10 Å². The minimum Gasteiger partial charge on any atom is -0.491 e. The minimum absolute atomic E-state index is 0.259. The summed E-state index contributed by atoms with van der Waals surface area (Å²) in [5.41, 5.74) is 0. The van der Waals surface area contributed by atoms with Crippen LogP contribution in [0, 0.1) is 0 Å². The molecule has 0 N–H and O–H groups in total. The third-order valence-electron chi connectivity index (χ3n) is 1.48. The van der Waals surface area contributed by atoms with Gasteiger partial charge in [0.15, 0.2) is 0 Å². The maximum atomic E-state index is 5.38. The molecule has 0 saturated carbocycles. The largest absolute Gasteiger partial charge is 0.491 e. The molecule has 0 aromatic rings. The Morgan fingerprint density at radius 3 is 3.11 bits per heavy atom. The van der Waals surface area contributed by atoms with Crippen LogP contribution in [0.25, 0.3) is 0 Å². The molecule has 0 saturated heterocycles. The van der Waals surface area contributed by atoms with E-state index in [0.717, 1.165) is 18.6 Å². The van der Waals surface area contributed by atoms with Crippen molar-refractivity contribution in [2.45, 2.75) is 25.9 Å². The van der Waals surface area contributed by atoms with E-state index in [1.807, 2.05) is 13.0 Å². The first kappa shape index (κ1) is 6.40. The molecule has 1 heteroatoms. The summed E-state index contributed by atoms with van der Waals surface area (Å²) in [5.74, 6) is 1.03. The molecule has 0 spiro atoms. The van der Waals surface area contributed by atoms with Gasteiger partial charge < -0.3 is 4.74 Å². The van der Waals surface area contributed by atoms with Crippen LogP contribution < -0.4 is 0 Å². The molecule has 0 radical (unpaired) electrons. The molecule has 1 rings (SSSR count). The summed E-state index contributed by atoms with van der Waals surface area (Å²) in [6, 6.07) is 0. The number of hydrogen-bond acceptors (Lipinski definition) is 1. The van der Waals surface area contributed by atoms with Crippen molar-refractivity contribution in [3.05, 3.63) is 24.5 Å². The van der Waals surface area contributed by atoms with E-state index in [4.69, 9.17) is 4.74 Å². The van der Waals surface area contributed by atoms with Gasteiger partial charge in [0, 0.05) is 0 Å². The summed E-state index contributed by atoms with van der Waals surface area (Å²) in [5, 5.41) is 0. The van der Waals surface area contributed by atoms with Gasteiger partial charge in [-0.15, -0.1) is 0 Å². The first-order valence-corrected chi connectivity index (χ1v) is 3.29. The average Bonchev–Trinajstić information content (AvgIpc) is 1.88. The molecule has 0 aromatic carbocycles. The standard InChI is InChI=1S/C8H12O/c1-3-8-6-4-5-7(2)9-8/h3,5,8H,1,4,6H2,2H3. The van der Waals surface area contributed by atoms with E-state index in [0.29, 0.717) is 0 Å². The number of allylic oxidation sites excluding steroid dienone is 2. The Hall–Kier alpha value is -0.720. The molecule has 0 aliphatic carbocycles. The van der Waals surface area contributed by atoms with Crippen LogP contribution in [-0.2, 0) is 4.74 Å². The highest BCUT2D eigenvalue weighted by atomic mass is 16.5. The lowest BCUT2D eigenvalue weighted by Crippen LogP contribution is -2.11. The molecule has 0 bridgehead atoms. The van der Waals surface area contributed by atoms with Crippen molar-refractivity contribution < 1.29 is 4.74 Å². The van der Waals surface area contributed by atoms with Crippen molar-refractivity contribution in [1.82, 2.24) is 0 Å². The van der Waals surface area contributed by atoms with E-state index < -0.39 is 0 Å². The van der Waals surface area contributed by atoms with Crippen LogP contribution in [0.3, 0.4) is 0 Å². The van der Waals surface area contributed by atoms with Crippen LogP contribution >= 0.6 is 0 Å². The third kappa shape index (κ3) is 1.60. The normalized spacial score (nSPS) is 26.3. The molecule has 0 amide bonds. The van der Waals surface area contributed by atoms with Gasteiger partial charge in [0.25, 0.3) is 0 Å². The van der Waals surface area contributed by atoms with Gasteiger partial charge in [0.2, 0.25) is 0 Å². The summed E-state index contributed by atoms with van der Waals surface area (Å²) in [7, 11) is 0. The molecule has 1 nitrogen and oxygen atoms in total. The molecule has 0 fully saturated rings. The first-order valence-electron chi connectivity index (χ1n) is 3.29. The SMILES string of the molecule is C=CC1CCC=C(C)O1. The Bertz CT molecular complexity index is 136. The maximum Gasteiger partial charge on any atom is 0.116 e. The van der Waals surface area contributed by atoms with Crippen molar-refractivity contribution in [2.24, 2.45) is 0 Å². The second-order valence-corrected chi connectivity index (χ2v) is 2.28. The molecule has 1 aliphatic rings. The Labute approximate surface area is 56.0 Å². The predicted molar refractivity (Wildman–Crippen MR) is 38.1 cm³/mol. The second kappa shape index (κ2) is 2.72. The van der Waals surface area contributed by atoms with E-state index in [-0.39, 0.29) is 6.10 Å². The highest BCUT2D eigenvalue weighted by molar-refractivity contribution is 4.98. The molecule has 50 valence electrons. The van der Waals surface area contributed by atoms with E-state index in [1.54, 1.807) is 0 Å². The van der Waals surface area contributed by atoms with Gasteiger partial charge in [-0.2, -0.15) is 0 Å². The van der Waals surface area contributed by atoms with Crippen LogP contribution in [0.2, 0.25) is 0 Å². The molecule has 0 aromatic heterocycles. The van der Waals surface area contributed by atoms with Crippen LogP contribution in [0.1, 0.15) is 19.8 Å². The van der Waals surface area contributed by atoms with Crippen molar-refractivity contribution in [2.75, 3.05) is 0 Å². The summed E-state index contributed by atoms with van der Waals surface area (Å²) < 4.78 is 5.38. The lowest BCUT2D eigenvalue weighted by molar-refractivity contribution is 0.135. The molecule has 1 unspecified atom stereocenters. The number of rotatable bonds is 1. The molecule has 1 heterocycles. The van der Waals surface area contributed by atoms with Gasteiger partial charge in [-0.05, 0) is 25.8 Å². The molecular formula is C8H12O. The Morgan fingerprint density at radius 1 is 1.89 bits per heavy atom. The van der Waals surface area contributed by atoms with Crippen LogP contribution in [-0.4, -0.2) is 6.10 Å². The molecule has 9 heavy (non-hydrogen) atoms. The van der Waals surface area contributed by atoms with Crippen molar-refractivity contribution >= 4 is 0 Å². The zero-order chi connectivity index (χ0) is 6.69. The lowest BCUT2D eigenvalue weighted by atomic mass is 10.1. The maximum absolute atomic E-state index is 5.38. The average molecular weight is 124 g/mol.